The molecular weight excluding hydrogens is 308 g/mol. The Kier molecular flexibility index (Phi) is 4.47. The van der Waals surface area contributed by atoms with Crippen LogP contribution in [0.4, 0.5) is 5.82 Å². The predicted molar refractivity (Wildman–Crippen MR) is 95.3 cm³/mol. The Bertz CT molecular complexity index is 841. The lowest BCUT2D eigenvalue weighted by molar-refractivity contribution is 0.900. The van der Waals surface area contributed by atoms with Crippen molar-refractivity contribution in [1.29, 1.82) is 5.41 Å². The predicted octanol–water partition coefficient (Wildman–Crippen LogP) is 2.77. The summed E-state index contributed by atoms with van der Waals surface area (Å²) >= 11 is 1.57. The van der Waals surface area contributed by atoms with Gasteiger partial charge in [-0.3, -0.25) is 9.98 Å². The zero-order valence-electron chi connectivity index (χ0n) is 13.0. The molecule has 0 bridgehead atoms. The smallest absolute Gasteiger partial charge is 0.201 e. The van der Waals surface area contributed by atoms with Gasteiger partial charge in [0.15, 0.2) is 5.16 Å². The van der Waals surface area contributed by atoms with E-state index in [1.165, 1.54) is 0 Å². The third-order valence-electron chi connectivity index (χ3n) is 3.40. The van der Waals surface area contributed by atoms with Gasteiger partial charge >= 0.3 is 0 Å². The number of nitrogens with zero attached hydrogens (tertiary/aromatic N) is 3. The van der Waals surface area contributed by atoms with Gasteiger partial charge in [-0.1, -0.05) is 30.0 Å². The number of hydrogen-bond donors (Lipinski definition) is 3. The van der Waals surface area contributed by atoms with Gasteiger partial charge in [0.1, 0.15) is 5.82 Å². The van der Waals surface area contributed by atoms with Crippen LogP contribution in [0, 0.1) is 5.41 Å². The zero-order valence-corrected chi connectivity index (χ0v) is 13.8. The number of imidazole rings is 1. The highest BCUT2D eigenvalue weighted by molar-refractivity contribution is 7.98. The van der Waals surface area contributed by atoms with Gasteiger partial charge in [0.2, 0.25) is 5.96 Å². The van der Waals surface area contributed by atoms with Crippen LogP contribution in [0.25, 0.3) is 11.0 Å². The highest BCUT2D eigenvalue weighted by Gasteiger charge is 2.14. The quantitative estimate of drug-likeness (QED) is 0.390. The van der Waals surface area contributed by atoms with Crippen molar-refractivity contribution < 1.29 is 0 Å². The Morgan fingerprint density at radius 3 is 2.74 bits per heavy atom. The number of nitrogens with one attached hydrogen (secondary N) is 3. The third kappa shape index (κ3) is 3.14. The van der Waals surface area contributed by atoms with Crippen LogP contribution in [-0.4, -0.2) is 34.6 Å². The molecule has 3 rings (SSSR count). The van der Waals surface area contributed by atoms with Crippen LogP contribution in [0.15, 0.2) is 47.6 Å². The Hall–Kier alpha value is -2.54. The molecule has 23 heavy (non-hydrogen) atoms. The van der Waals surface area contributed by atoms with E-state index in [-0.39, 0.29) is 0 Å². The van der Waals surface area contributed by atoms with Crippen LogP contribution in [0.5, 0.6) is 0 Å². The molecule has 3 N–H and O–H groups in total. The number of pyridine rings is 1. The van der Waals surface area contributed by atoms with Crippen molar-refractivity contribution in [1.82, 2.24) is 19.9 Å². The summed E-state index contributed by atoms with van der Waals surface area (Å²) in [5, 5.41) is 14.8. The van der Waals surface area contributed by atoms with E-state index in [0.29, 0.717) is 11.7 Å². The summed E-state index contributed by atoms with van der Waals surface area (Å²) in [7, 11) is 3.59. The van der Waals surface area contributed by atoms with Gasteiger partial charge < -0.3 is 10.6 Å². The van der Waals surface area contributed by atoms with Gasteiger partial charge in [-0.2, -0.15) is 0 Å². The van der Waals surface area contributed by atoms with Gasteiger partial charge in [0.25, 0.3) is 0 Å². The standard InChI is InChI=1S/C16H18N6S/c1-18-14-9-5-6-11(20-14)10-23-16-21-12-7-3-4-8-13(12)22(16)15(17)19-2/h3-9H,10H2,1-2H3,(H2,17,19)(H,18,20). The van der Waals surface area contributed by atoms with Crippen LogP contribution in [0.1, 0.15) is 5.69 Å². The molecule has 0 aliphatic rings. The monoisotopic (exact) mass is 326 g/mol. The molecule has 2 aromatic heterocycles. The maximum Gasteiger partial charge on any atom is 0.201 e. The SMILES string of the molecule is CNC(=N)n1c(SCc2cccc(NC)n2)nc2ccccc21. The molecular formula is C16H18N6S. The van der Waals surface area contributed by atoms with Crippen molar-refractivity contribution in [3.8, 4) is 0 Å². The van der Waals surface area contributed by atoms with Crippen LogP contribution in [0.2, 0.25) is 0 Å². The molecule has 0 amide bonds. The summed E-state index contributed by atoms with van der Waals surface area (Å²) in [6.07, 6.45) is 0. The van der Waals surface area contributed by atoms with Crippen LogP contribution in [0.3, 0.4) is 0 Å². The van der Waals surface area contributed by atoms with Gasteiger partial charge in [0.05, 0.1) is 16.7 Å². The summed E-state index contributed by atoms with van der Waals surface area (Å²) < 4.78 is 1.82. The molecule has 118 valence electrons. The third-order valence-corrected chi connectivity index (χ3v) is 4.37. The normalized spacial score (nSPS) is 10.7. The van der Waals surface area contributed by atoms with Gasteiger partial charge in [-0.05, 0) is 24.3 Å². The first-order valence-electron chi connectivity index (χ1n) is 7.23. The van der Waals surface area contributed by atoms with Crippen molar-refractivity contribution in [2.24, 2.45) is 0 Å². The Balaban J connectivity index is 1.91. The minimum absolute atomic E-state index is 0.304. The number of benzene rings is 1. The number of fused-ring (bicyclic) bond motifs is 1. The van der Waals surface area contributed by atoms with Crippen molar-refractivity contribution in [2.75, 3.05) is 19.4 Å². The summed E-state index contributed by atoms with van der Waals surface area (Å²) in [5.74, 6) is 1.84. The molecule has 0 aliphatic heterocycles. The molecule has 2 heterocycles. The first kappa shape index (κ1) is 15.4. The van der Waals surface area contributed by atoms with E-state index >= 15 is 0 Å². The van der Waals surface area contributed by atoms with Crippen molar-refractivity contribution >= 4 is 34.6 Å². The number of hydrogen-bond acceptors (Lipinski definition) is 5. The van der Waals surface area contributed by atoms with E-state index in [9.17, 15) is 0 Å². The molecule has 3 aromatic rings. The molecule has 0 saturated carbocycles. The van der Waals surface area contributed by atoms with Crippen molar-refractivity contribution in [2.45, 2.75) is 10.9 Å². The summed E-state index contributed by atoms with van der Waals surface area (Å²) in [6.45, 7) is 0. The summed E-state index contributed by atoms with van der Waals surface area (Å²) in [5.41, 5.74) is 2.77. The maximum absolute atomic E-state index is 8.14. The second-order valence-corrected chi connectivity index (χ2v) is 5.81. The lowest BCUT2D eigenvalue weighted by atomic mass is 10.3. The van der Waals surface area contributed by atoms with Crippen molar-refractivity contribution in [3.63, 3.8) is 0 Å². The highest BCUT2D eigenvalue weighted by atomic mass is 32.2. The fraction of sp³-hybridized carbons (Fsp3) is 0.188. The number of para-hydroxylation sites is 2. The van der Waals surface area contributed by atoms with E-state index in [4.69, 9.17) is 5.41 Å². The molecule has 1 aromatic carbocycles. The Morgan fingerprint density at radius 1 is 1.13 bits per heavy atom. The first-order valence-corrected chi connectivity index (χ1v) is 8.22. The van der Waals surface area contributed by atoms with Gasteiger partial charge in [-0.15, -0.1) is 0 Å². The number of thioether (sulfide) groups is 1. The van der Waals surface area contributed by atoms with E-state index in [1.807, 2.05) is 54.1 Å². The summed E-state index contributed by atoms with van der Waals surface area (Å²) in [4.78, 5) is 9.16. The Morgan fingerprint density at radius 2 is 1.96 bits per heavy atom. The largest absolute Gasteiger partial charge is 0.373 e. The van der Waals surface area contributed by atoms with E-state index in [1.54, 1.807) is 18.8 Å². The lowest BCUT2D eigenvalue weighted by Gasteiger charge is -2.09. The second kappa shape index (κ2) is 6.70. The summed E-state index contributed by atoms with van der Waals surface area (Å²) in [6, 6.07) is 13.7. The average molecular weight is 326 g/mol. The number of rotatable bonds is 4. The van der Waals surface area contributed by atoms with Crippen LogP contribution < -0.4 is 10.6 Å². The second-order valence-electron chi connectivity index (χ2n) is 4.87. The minimum Gasteiger partial charge on any atom is -0.373 e. The average Bonchev–Trinajstić information content (AvgIpc) is 2.98. The van der Waals surface area contributed by atoms with Crippen LogP contribution >= 0.6 is 11.8 Å². The lowest BCUT2D eigenvalue weighted by Crippen LogP contribution is -2.25. The molecule has 0 aliphatic carbocycles. The van der Waals surface area contributed by atoms with Gasteiger partial charge in [-0.25, -0.2) is 9.97 Å². The van der Waals surface area contributed by atoms with E-state index in [2.05, 4.69) is 20.6 Å². The van der Waals surface area contributed by atoms with Gasteiger partial charge in [0, 0.05) is 19.8 Å². The zero-order chi connectivity index (χ0) is 16.2. The minimum atomic E-state index is 0.304. The molecule has 0 spiro atoms. The molecule has 6 nitrogen and oxygen atoms in total. The van der Waals surface area contributed by atoms with Crippen molar-refractivity contribution in [3.05, 3.63) is 48.2 Å². The first-order chi connectivity index (χ1) is 11.2. The van der Waals surface area contributed by atoms with Crippen LogP contribution in [-0.2, 0) is 5.75 Å². The number of aromatic nitrogens is 3. The maximum atomic E-state index is 8.14. The molecule has 0 atom stereocenters. The Labute approximate surface area is 138 Å². The topological polar surface area (TPSA) is 78.6 Å². The van der Waals surface area contributed by atoms with E-state index < -0.39 is 0 Å². The molecule has 0 radical (unpaired) electrons. The molecule has 7 heteroatoms. The molecule has 0 saturated heterocycles. The molecule has 0 unspecified atom stereocenters. The fourth-order valence-electron chi connectivity index (χ4n) is 2.27. The highest BCUT2D eigenvalue weighted by Crippen LogP contribution is 2.26. The molecule has 0 fully saturated rings. The fourth-order valence-corrected chi connectivity index (χ4v) is 3.19. The number of anilines is 1. The van der Waals surface area contributed by atoms with E-state index in [0.717, 1.165) is 27.7 Å².